The monoisotopic (exact) mass is 502 g/mol. The lowest BCUT2D eigenvalue weighted by Crippen LogP contribution is -3.00. The number of nitrogens with zero attached hydrogens (tertiary/aromatic N) is 4. The van der Waals surface area contributed by atoms with Crippen molar-refractivity contribution >= 4 is 63.5 Å². The first kappa shape index (κ1) is 24.7. The number of benzene rings is 2. The highest BCUT2D eigenvalue weighted by Crippen LogP contribution is 2.38. The molecule has 0 saturated carbocycles. The number of anilines is 1. The lowest BCUT2D eigenvalue weighted by atomic mass is 10.2. The predicted molar refractivity (Wildman–Crippen MR) is 122 cm³/mol. The molecule has 2 aromatic carbocycles. The summed E-state index contributed by atoms with van der Waals surface area (Å²) in [6.45, 7) is 4.71. The van der Waals surface area contributed by atoms with Crippen LogP contribution in [0.1, 0.15) is 6.92 Å². The molecular formula is C21H19Cl5N4. The molecular weight excluding hydrogens is 486 g/mol. The van der Waals surface area contributed by atoms with Crippen molar-refractivity contribution in [2.45, 2.75) is 13.5 Å². The fourth-order valence-corrected chi connectivity index (χ4v) is 3.90. The molecule has 0 aliphatic rings. The lowest BCUT2D eigenvalue weighted by Gasteiger charge is -2.22. The second kappa shape index (κ2) is 11.7. The molecule has 4 nitrogen and oxygen atoms in total. The third-order valence-electron chi connectivity index (χ3n) is 4.32. The Kier molecular flexibility index (Phi) is 9.66. The van der Waals surface area contributed by atoms with Gasteiger partial charge in [-0.1, -0.05) is 52.5 Å². The number of rotatable bonds is 7. The summed E-state index contributed by atoms with van der Waals surface area (Å²) in [5.41, 5.74) is 1.91. The molecule has 0 aliphatic heterocycles. The van der Waals surface area contributed by atoms with E-state index in [9.17, 15) is 0 Å². The van der Waals surface area contributed by atoms with Crippen LogP contribution in [0.2, 0.25) is 20.1 Å². The molecule has 0 radical (unpaired) electrons. The summed E-state index contributed by atoms with van der Waals surface area (Å²) in [6.07, 6.45) is 4.11. The molecule has 1 heterocycles. The highest BCUT2D eigenvalue weighted by Gasteiger charge is 2.11. The quantitative estimate of drug-likeness (QED) is 0.344. The van der Waals surface area contributed by atoms with E-state index in [4.69, 9.17) is 46.4 Å². The normalized spacial score (nSPS) is 10.8. The smallest absolute Gasteiger partial charge is 0.168 e. The Labute approximate surface area is 202 Å². The van der Waals surface area contributed by atoms with Crippen LogP contribution in [0.3, 0.4) is 0 Å². The van der Waals surface area contributed by atoms with E-state index < -0.39 is 0 Å². The first-order valence-electron chi connectivity index (χ1n) is 9.03. The van der Waals surface area contributed by atoms with Crippen LogP contribution in [0.5, 0.6) is 0 Å². The van der Waals surface area contributed by atoms with Crippen LogP contribution in [0, 0.1) is 0 Å². The van der Waals surface area contributed by atoms with E-state index in [1.54, 1.807) is 12.1 Å². The van der Waals surface area contributed by atoms with Gasteiger partial charge < -0.3 is 17.3 Å². The molecule has 158 valence electrons. The molecule has 0 amide bonds. The maximum absolute atomic E-state index is 6.45. The maximum Gasteiger partial charge on any atom is 0.168 e. The van der Waals surface area contributed by atoms with Gasteiger partial charge in [0.25, 0.3) is 0 Å². The lowest BCUT2D eigenvalue weighted by molar-refractivity contribution is -0.694. The van der Waals surface area contributed by atoms with Gasteiger partial charge in [0, 0.05) is 29.4 Å². The van der Waals surface area contributed by atoms with Gasteiger partial charge >= 0.3 is 0 Å². The van der Waals surface area contributed by atoms with Gasteiger partial charge in [0.15, 0.2) is 18.9 Å². The van der Waals surface area contributed by atoms with Crippen molar-refractivity contribution in [2.75, 3.05) is 18.0 Å². The number of likely N-dealkylation sites (N-methyl/N-ethyl adjacent to an activating group) is 1. The minimum Gasteiger partial charge on any atom is -1.00 e. The topological polar surface area (TPSA) is 31.8 Å². The molecule has 0 atom stereocenters. The standard InChI is InChI=1S/C21H19Cl4N4.ClH/c1-2-29(11-10-28-8-4-3-5-9-28)16-6-7-20(17(23)14-16)26-27-21-18(24)12-15(22)13-19(21)25;/h3-9,12-14H,2,10-11H2,1H3;1H/q+1;/p-1. The van der Waals surface area contributed by atoms with Crippen molar-refractivity contribution in [3.05, 3.63) is 81.0 Å². The molecule has 9 heteroatoms. The largest absolute Gasteiger partial charge is 1.00 e. The van der Waals surface area contributed by atoms with Crippen molar-refractivity contribution in [3.8, 4) is 0 Å². The number of hydrogen-bond donors (Lipinski definition) is 0. The van der Waals surface area contributed by atoms with Crippen LogP contribution in [-0.2, 0) is 6.54 Å². The fourth-order valence-electron chi connectivity index (χ4n) is 2.80. The number of hydrogen-bond acceptors (Lipinski definition) is 3. The van der Waals surface area contributed by atoms with Crippen molar-refractivity contribution in [2.24, 2.45) is 10.2 Å². The van der Waals surface area contributed by atoms with Crippen LogP contribution < -0.4 is 21.9 Å². The Hall–Kier alpha value is -1.56. The Bertz CT molecular complexity index is 989. The van der Waals surface area contributed by atoms with Gasteiger partial charge in [0.05, 0.1) is 21.6 Å². The first-order chi connectivity index (χ1) is 14.0. The zero-order chi connectivity index (χ0) is 20.8. The molecule has 0 N–H and O–H groups in total. The van der Waals surface area contributed by atoms with Crippen molar-refractivity contribution < 1.29 is 17.0 Å². The average Bonchev–Trinajstić information content (AvgIpc) is 2.69. The number of azo groups is 1. The summed E-state index contributed by atoms with van der Waals surface area (Å²) in [5, 5.41) is 9.95. The summed E-state index contributed by atoms with van der Waals surface area (Å²) >= 11 is 24.7. The minimum absolute atomic E-state index is 0. The van der Waals surface area contributed by atoms with Crippen LogP contribution >= 0.6 is 46.4 Å². The summed E-state index contributed by atoms with van der Waals surface area (Å²) in [4.78, 5) is 2.25. The Morgan fingerprint density at radius 1 is 0.867 bits per heavy atom. The van der Waals surface area contributed by atoms with Gasteiger partial charge in [-0.15, -0.1) is 10.2 Å². The second-order valence-corrected chi connectivity index (χ2v) is 7.90. The molecule has 3 aromatic rings. The zero-order valence-corrected chi connectivity index (χ0v) is 19.9. The van der Waals surface area contributed by atoms with E-state index in [1.807, 2.05) is 36.4 Å². The van der Waals surface area contributed by atoms with E-state index in [2.05, 4.69) is 39.0 Å². The third-order valence-corrected chi connectivity index (χ3v) is 5.42. The van der Waals surface area contributed by atoms with Crippen LogP contribution in [0.25, 0.3) is 0 Å². The molecule has 30 heavy (non-hydrogen) atoms. The van der Waals surface area contributed by atoms with Crippen LogP contribution in [-0.4, -0.2) is 13.1 Å². The molecule has 0 saturated heterocycles. The van der Waals surface area contributed by atoms with Crippen molar-refractivity contribution in [3.63, 3.8) is 0 Å². The van der Waals surface area contributed by atoms with Crippen molar-refractivity contribution in [1.29, 1.82) is 0 Å². The average molecular weight is 505 g/mol. The van der Waals surface area contributed by atoms with E-state index in [-0.39, 0.29) is 12.4 Å². The molecule has 0 fully saturated rings. The zero-order valence-electron chi connectivity index (χ0n) is 16.1. The Balaban J connectivity index is 0.00000320. The summed E-state index contributed by atoms with van der Waals surface area (Å²) in [6, 6.07) is 14.9. The minimum atomic E-state index is 0. The Morgan fingerprint density at radius 3 is 2.13 bits per heavy atom. The van der Waals surface area contributed by atoms with Crippen LogP contribution in [0.15, 0.2) is 71.2 Å². The van der Waals surface area contributed by atoms with E-state index in [1.165, 1.54) is 0 Å². The summed E-state index contributed by atoms with van der Waals surface area (Å²) < 4.78 is 2.15. The number of aromatic nitrogens is 1. The predicted octanol–water partition coefficient (Wildman–Crippen LogP) is 4.53. The van der Waals surface area contributed by atoms with Gasteiger partial charge in [-0.2, -0.15) is 0 Å². The first-order valence-corrected chi connectivity index (χ1v) is 10.5. The second-order valence-electron chi connectivity index (χ2n) is 6.25. The fraction of sp³-hybridized carbons (Fsp3) is 0.190. The third kappa shape index (κ3) is 6.47. The number of pyridine rings is 1. The van der Waals surface area contributed by atoms with Gasteiger partial charge in [-0.05, 0) is 37.3 Å². The SMILES string of the molecule is CCN(CC[n+]1ccccc1)c1ccc(N=Nc2c(Cl)cc(Cl)cc2Cl)c(Cl)c1.[Cl-]. The highest BCUT2D eigenvalue weighted by atomic mass is 35.5. The molecule has 1 aromatic heterocycles. The molecule has 0 bridgehead atoms. The van der Waals surface area contributed by atoms with E-state index in [0.717, 1.165) is 25.3 Å². The molecule has 3 rings (SSSR count). The summed E-state index contributed by atoms with van der Waals surface area (Å²) in [7, 11) is 0. The van der Waals surface area contributed by atoms with E-state index in [0.29, 0.717) is 31.5 Å². The van der Waals surface area contributed by atoms with Gasteiger partial charge in [0.2, 0.25) is 0 Å². The molecule has 0 spiro atoms. The van der Waals surface area contributed by atoms with Crippen LogP contribution in [0.4, 0.5) is 17.1 Å². The summed E-state index contributed by atoms with van der Waals surface area (Å²) in [5.74, 6) is 0. The number of halogens is 5. The highest BCUT2D eigenvalue weighted by molar-refractivity contribution is 6.41. The van der Waals surface area contributed by atoms with Gasteiger partial charge in [0.1, 0.15) is 11.4 Å². The molecule has 0 aliphatic carbocycles. The molecule has 0 unspecified atom stereocenters. The van der Waals surface area contributed by atoms with Crippen molar-refractivity contribution in [1.82, 2.24) is 0 Å². The maximum atomic E-state index is 6.45. The van der Waals surface area contributed by atoms with Gasteiger partial charge in [-0.25, -0.2) is 4.57 Å². The van der Waals surface area contributed by atoms with E-state index >= 15 is 0 Å². The Morgan fingerprint density at radius 2 is 1.53 bits per heavy atom. The van der Waals surface area contributed by atoms with Gasteiger partial charge in [-0.3, -0.25) is 0 Å².